The molecule has 16 heavy (non-hydrogen) atoms. The third kappa shape index (κ3) is 4.84. The van der Waals surface area contributed by atoms with Gasteiger partial charge in [0.2, 0.25) is 0 Å². The standard InChI is InChI=1S/C14H30N2/c1-11(2)9-12(3)15-13-7-6-8-14(10-13)16(4)5/h11-15H,6-10H2,1-5H3. The van der Waals surface area contributed by atoms with E-state index in [4.69, 9.17) is 0 Å². The highest BCUT2D eigenvalue weighted by Crippen LogP contribution is 2.22. The molecule has 0 aromatic carbocycles. The molecule has 1 aliphatic carbocycles. The van der Waals surface area contributed by atoms with Gasteiger partial charge in [0.05, 0.1) is 0 Å². The summed E-state index contributed by atoms with van der Waals surface area (Å²) in [5, 5.41) is 3.81. The van der Waals surface area contributed by atoms with Gasteiger partial charge < -0.3 is 10.2 Å². The summed E-state index contributed by atoms with van der Waals surface area (Å²) in [6, 6.07) is 2.21. The van der Waals surface area contributed by atoms with Gasteiger partial charge in [-0.15, -0.1) is 0 Å². The average molecular weight is 226 g/mol. The van der Waals surface area contributed by atoms with Crippen molar-refractivity contribution < 1.29 is 0 Å². The monoisotopic (exact) mass is 226 g/mol. The summed E-state index contributed by atoms with van der Waals surface area (Å²) in [4.78, 5) is 2.39. The Morgan fingerprint density at radius 1 is 1.19 bits per heavy atom. The summed E-state index contributed by atoms with van der Waals surface area (Å²) >= 11 is 0. The number of hydrogen-bond donors (Lipinski definition) is 1. The van der Waals surface area contributed by atoms with E-state index in [2.05, 4.69) is 45.1 Å². The molecule has 0 aliphatic heterocycles. The topological polar surface area (TPSA) is 15.3 Å². The predicted molar refractivity (Wildman–Crippen MR) is 71.8 cm³/mol. The molecule has 1 rings (SSSR count). The second-order valence-electron chi connectivity index (χ2n) is 6.18. The van der Waals surface area contributed by atoms with Crippen LogP contribution in [0.4, 0.5) is 0 Å². The Hall–Kier alpha value is -0.0800. The fourth-order valence-electron chi connectivity index (χ4n) is 2.96. The number of nitrogens with zero attached hydrogens (tertiary/aromatic N) is 1. The first-order valence-electron chi connectivity index (χ1n) is 6.91. The van der Waals surface area contributed by atoms with Crippen LogP contribution in [0.15, 0.2) is 0 Å². The highest BCUT2D eigenvalue weighted by molar-refractivity contribution is 4.83. The fraction of sp³-hybridized carbons (Fsp3) is 1.00. The molecule has 0 bridgehead atoms. The molecule has 3 unspecified atom stereocenters. The maximum Gasteiger partial charge on any atom is 0.0104 e. The minimum absolute atomic E-state index is 0.672. The molecule has 2 nitrogen and oxygen atoms in total. The van der Waals surface area contributed by atoms with E-state index in [1.165, 1.54) is 32.1 Å². The highest BCUT2D eigenvalue weighted by Gasteiger charge is 2.24. The molecule has 0 amide bonds. The van der Waals surface area contributed by atoms with Gasteiger partial charge in [-0.1, -0.05) is 20.3 Å². The Bertz CT molecular complexity index is 189. The average Bonchev–Trinajstić information content (AvgIpc) is 2.16. The largest absolute Gasteiger partial charge is 0.311 e. The fourth-order valence-corrected chi connectivity index (χ4v) is 2.96. The van der Waals surface area contributed by atoms with Gasteiger partial charge >= 0.3 is 0 Å². The van der Waals surface area contributed by atoms with Gasteiger partial charge in [-0.2, -0.15) is 0 Å². The van der Waals surface area contributed by atoms with E-state index in [1.54, 1.807) is 0 Å². The first-order chi connectivity index (χ1) is 7.49. The molecular weight excluding hydrogens is 196 g/mol. The van der Waals surface area contributed by atoms with Gasteiger partial charge in [-0.3, -0.25) is 0 Å². The van der Waals surface area contributed by atoms with Crippen LogP contribution in [-0.4, -0.2) is 37.1 Å². The van der Waals surface area contributed by atoms with Crippen molar-refractivity contribution in [3.05, 3.63) is 0 Å². The molecule has 3 atom stereocenters. The molecule has 2 heteroatoms. The van der Waals surface area contributed by atoms with Crippen LogP contribution in [0.3, 0.4) is 0 Å². The second-order valence-corrected chi connectivity index (χ2v) is 6.18. The van der Waals surface area contributed by atoms with Crippen LogP contribution >= 0.6 is 0 Å². The van der Waals surface area contributed by atoms with E-state index >= 15 is 0 Å². The smallest absolute Gasteiger partial charge is 0.0104 e. The Morgan fingerprint density at radius 2 is 1.88 bits per heavy atom. The van der Waals surface area contributed by atoms with Gasteiger partial charge in [0.15, 0.2) is 0 Å². The Labute approximate surface area is 102 Å². The molecule has 1 fully saturated rings. The van der Waals surface area contributed by atoms with E-state index in [9.17, 15) is 0 Å². The van der Waals surface area contributed by atoms with Gasteiger partial charge in [0, 0.05) is 18.1 Å². The maximum absolute atomic E-state index is 3.81. The van der Waals surface area contributed by atoms with Crippen LogP contribution in [0.5, 0.6) is 0 Å². The van der Waals surface area contributed by atoms with Gasteiger partial charge in [-0.05, 0) is 52.6 Å². The lowest BCUT2D eigenvalue weighted by atomic mass is 9.89. The highest BCUT2D eigenvalue weighted by atomic mass is 15.1. The zero-order chi connectivity index (χ0) is 12.1. The zero-order valence-corrected chi connectivity index (χ0v) is 11.8. The molecule has 0 radical (unpaired) electrons. The zero-order valence-electron chi connectivity index (χ0n) is 11.8. The normalized spacial score (nSPS) is 28.7. The molecule has 0 aromatic rings. The van der Waals surface area contributed by atoms with Crippen LogP contribution in [0, 0.1) is 5.92 Å². The Morgan fingerprint density at radius 3 is 2.44 bits per heavy atom. The van der Waals surface area contributed by atoms with Gasteiger partial charge in [0.1, 0.15) is 0 Å². The summed E-state index contributed by atoms with van der Waals surface area (Å²) in [6.45, 7) is 6.95. The summed E-state index contributed by atoms with van der Waals surface area (Å²) in [5.41, 5.74) is 0. The van der Waals surface area contributed by atoms with Crippen molar-refractivity contribution in [3.8, 4) is 0 Å². The molecule has 0 saturated heterocycles. The summed E-state index contributed by atoms with van der Waals surface area (Å²) in [5.74, 6) is 0.802. The minimum atomic E-state index is 0.672. The van der Waals surface area contributed by atoms with Crippen LogP contribution in [-0.2, 0) is 0 Å². The minimum Gasteiger partial charge on any atom is -0.311 e. The molecule has 1 saturated carbocycles. The molecule has 1 N–H and O–H groups in total. The molecule has 96 valence electrons. The van der Waals surface area contributed by atoms with E-state index in [1.807, 2.05) is 0 Å². The predicted octanol–water partition coefficient (Wildman–Crippen LogP) is 2.88. The summed E-state index contributed by atoms with van der Waals surface area (Å²) < 4.78 is 0. The van der Waals surface area contributed by atoms with Crippen molar-refractivity contribution in [2.75, 3.05) is 14.1 Å². The van der Waals surface area contributed by atoms with E-state index in [-0.39, 0.29) is 0 Å². The quantitative estimate of drug-likeness (QED) is 0.775. The lowest BCUT2D eigenvalue weighted by Crippen LogP contribution is -2.44. The number of rotatable bonds is 5. The van der Waals surface area contributed by atoms with Crippen molar-refractivity contribution in [1.29, 1.82) is 0 Å². The first-order valence-corrected chi connectivity index (χ1v) is 6.91. The van der Waals surface area contributed by atoms with E-state index in [0.29, 0.717) is 6.04 Å². The third-order valence-corrected chi connectivity index (χ3v) is 3.72. The Balaban J connectivity index is 2.31. The molecule has 0 heterocycles. The van der Waals surface area contributed by atoms with Crippen molar-refractivity contribution in [2.24, 2.45) is 5.92 Å². The van der Waals surface area contributed by atoms with Gasteiger partial charge in [-0.25, -0.2) is 0 Å². The van der Waals surface area contributed by atoms with Crippen molar-refractivity contribution in [2.45, 2.75) is 71.0 Å². The van der Waals surface area contributed by atoms with E-state index in [0.717, 1.165) is 18.0 Å². The maximum atomic E-state index is 3.81. The van der Waals surface area contributed by atoms with E-state index < -0.39 is 0 Å². The molecule has 0 spiro atoms. The summed E-state index contributed by atoms with van der Waals surface area (Å²) in [7, 11) is 4.43. The molecule has 0 aromatic heterocycles. The number of nitrogens with one attached hydrogen (secondary N) is 1. The first kappa shape index (κ1) is 14.0. The number of hydrogen-bond acceptors (Lipinski definition) is 2. The lowest BCUT2D eigenvalue weighted by Gasteiger charge is -2.35. The van der Waals surface area contributed by atoms with Crippen LogP contribution in [0.2, 0.25) is 0 Å². The van der Waals surface area contributed by atoms with Gasteiger partial charge in [0.25, 0.3) is 0 Å². The summed E-state index contributed by atoms with van der Waals surface area (Å²) in [6.07, 6.45) is 6.75. The van der Waals surface area contributed by atoms with Crippen LogP contribution in [0.1, 0.15) is 52.9 Å². The SMILES string of the molecule is CC(C)CC(C)NC1CCCC(N(C)C)C1. The Kier molecular flexibility index (Phi) is 5.77. The second kappa shape index (κ2) is 6.61. The lowest BCUT2D eigenvalue weighted by molar-refractivity contribution is 0.190. The molecule has 1 aliphatic rings. The molecular formula is C14H30N2. The van der Waals surface area contributed by atoms with Crippen LogP contribution < -0.4 is 5.32 Å². The third-order valence-electron chi connectivity index (χ3n) is 3.72. The van der Waals surface area contributed by atoms with Crippen LogP contribution in [0.25, 0.3) is 0 Å². The van der Waals surface area contributed by atoms with Crippen molar-refractivity contribution >= 4 is 0 Å². The van der Waals surface area contributed by atoms with Crippen molar-refractivity contribution in [3.63, 3.8) is 0 Å². The van der Waals surface area contributed by atoms with Crippen molar-refractivity contribution in [1.82, 2.24) is 10.2 Å².